The largest absolute Gasteiger partial charge is 0.480 e. The van der Waals surface area contributed by atoms with Crippen molar-refractivity contribution in [3.8, 4) is 0 Å². The molecular formula is C13H17N3O3. The number of aromatic nitrogens is 1. The summed E-state index contributed by atoms with van der Waals surface area (Å²) in [5, 5.41) is 11.8. The molecule has 0 spiro atoms. The number of carboxylic acid groups (broad SMARTS) is 1. The molecule has 1 aliphatic heterocycles. The highest BCUT2D eigenvalue weighted by Crippen LogP contribution is 2.17. The van der Waals surface area contributed by atoms with E-state index in [1.165, 1.54) is 4.90 Å². The van der Waals surface area contributed by atoms with E-state index in [2.05, 4.69) is 10.3 Å². The van der Waals surface area contributed by atoms with Gasteiger partial charge in [0.2, 0.25) is 0 Å². The van der Waals surface area contributed by atoms with Crippen LogP contribution < -0.4 is 5.32 Å². The summed E-state index contributed by atoms with van der Waals surface area (Å²) in [6.07, 6.45) is 5.40. The molecule has 0 bridgehead atoms. The summed E-state index contributed by atoms with van der Waals surface area (Å²) in [5.41, 5.74) is 1.09. The van der Waals surface area contributed by atoms with Crippen LogP contribution in [0.4, 0.5) is 4.79 Å². The second-order valence-electron chi connectivity index (χ2n) is 4.53. The minimum atomic E-state index is -0.929. The molecule has 0 unspecified atom stereocenters. The van der Waals surface area contributed by atoms with E-state index < -0.39 is 12.0 Å². The molecule has 1 aromatic rings. The van der Waals surface area contributed by atoms with Crippen molar-refractivity contribution in [3.63, 3.8) is 0 Å². The highest BCUT2D eigenvalue weighted by Gasteiger charge is 2.33. The van der Waals surface area contributed by atoms with Crippen molar-refractivity contribution in [1.82, 2.24) is 15.2 Å². The van der Waals surface area contributed by atoms with Crippen molar-refractivity contribution in [2.45, 2.75) is 25.3 Å². The van der Waals surface area contributed by atoms with Gasteiger partial charge in [-0.15, -0.1) is 0 Å². The van der Waals surface area contributed by atoms with Crippen molar-refractivity contribution >= 4 is 12.0 Å². The third-order valence-electron chi connectivity index (χ3n) is 3.24. The Labute approximate surface area is 111 Å². The second-order valence-corrected chi connectivity index (χ2v) is 4.53. The number of nitrogens with zero attached hydrogens (tertiary/aromatic N) is 2. The van der Waals surface area contributed by atoms with Crippen LogP contribution in [0, 0.1) is 0 Å². The fourth-order valence-electron chi connectivity index (χ4n) is 2.23. The van der Waals surface area contributed by atoms with Crippen molar-refractivity contribution in [1.29, 1.82) is 0 Å². The molecule has 0 saturated carbocycles. The van der Waals surface area contributed by atoms with Crippen LogP contribution in [0.1, 0.15) is 18.4 Å². The molecule has 1 aliphatic rings. The van der Waals surface area contributed by atoms with Crippen molar-refractivity contribution in [2.24, 2.45) is 0 Å². The maximum absolute atomic E-state index is 11.9. The molecule has 2 heterocycles. The third kappa shape index (κ3) is 3.43. The average molecular weight is 263 g/mol. The lowest BCUT2D eigenvalue weighted by molar-refractivity contribution is -0.141. The van der Waals surface area contributed by atoms with Gasteiger partial charge in [-0.1, -0.05) is 0 Å². The average Bonchev–Trinajstić information content (AvgIpc) is 2.89. The fraction of sp³-hybridized carbons (Fsp3) is 0.462. The summed E-state index contributed by atoms with van der Waals surface area (Å²) >= 11 is 0. The zero-order valence-corrected chi connectivity index (χ0v) is 10.6. The Balaban J connectivity index is 1.80. The lowest BCUT2D eigenvalue weighted by Gasteiger charge is -2.21. The zero-order valence-electron chi connectivity index (χ0n) is 10.6. The zero-order chi connectivity index (χ0) is 13.7. The third-order valence-corrected chi connectivity index (χ3v) is 3.24. The first kappa shape index (κ1) is 13.3. The van der Waals surface area contributed by atoms with Crippen LogP contribution in [-0.4, -0.2) is 46.1 Å². The number of carboxylic acids is 1. The first-order valence-electron chi connectivity index (χ1n) is 6.34. The lowest BCUT2D eigenvalue weighted by Crippen LogP contribution is -2.46. The number of carbonyl (C=O) groups is 2. The number of rotatable bonds is 4. The molecule has 1 fully saturated rings. The molecular weight excluding hydrogens is 246 g/mol. The van der Waals surface area contributed by atoms with Crippen LogP contribution in [-0.2, 0) is 11.2 Å². The van der Waals surface area contributed by atoms with E-state index in [4.69, 9.17) is 5.11 Å². The normalized spacial score (nSPS) is 18.3. The van der Waals surface area contributed by atoms with Gasteiger partial charge in [0, 0.05) is 25.5 Å². The standard InChI is InChI=1S/C13H17N3O3/c17-12(18)11-2-1-9-16(11)13(19)15-8-5-10-3-6-14-7-4-10/h3-4,6-7,11H,1-2,5,8-9H2,(H,15,19)(H,17,18)/t11-/m0/s1. The number of urea groups is 1. The molecule has 2 amide bonds. The molecule has 0 aromatic carbocycles. The van der Waals surface area contributed by atoms with E-state index in [1.54, 1.807) is 12.4 Å². The van der Waals surface area contributed by atoms with E-state index in [-0.39, 0.29) is 6.03 Å². The van der Waals surface area contributed by atoms with Gasteiger partial charge < -0.3 is 15.3 Å². The Bertz CT molecular complexity index is 450. The van der Waals surface area contributed by atoms with Gasteiger partial charge in [0.1, 0.15) is 6.04 Å². The Kier molecular flexibility index (Phi) is 4.33. The van der Waals surface area contributed by atoms with Crippen LogP contribution in [0.3, 0.4) is 0 Å². The monoisotopic (exact) mass is 263 g/mol. The van der Waals surface area contributed by atoms with E-state index in [0.29, 0.717) is 25.9 Å². The van der Waals surface area contributed by atoms with E-state index in [1.807, 2.05) is 12.1 Å². The minimum absolute atomic E-state index is 0.293. The lowest BCUT2D eigenvalue weighted by atomic mass is 10.2. The number of pyridine rings is 1. The number of likely N-dealkylation sites (tertiary alicyclic amines) is 1. The number of carbonyl (C=O) groups excluding carboxylic acids is 1. The van der Waals surface area contributed by atoms with Crippen LogP contribution in [0.5, 0.6) is 0 Å². The smallest absolute Gasteiger partial charge is 0.326 e. The van der Waals surface area contributed by atoms with Gasteiger partial charge >= 0.3 is 12.0 Å². The van der Waals surface area contributed by atoms with Gasteiger partial charge in [-0.2, -0.15) is 0 Å². The molecule has 1 atom stereocenters. The fourth-order valence-corrected chi connectivity index (χ4v) is 2.23. The predicted octanol–water partition coefficient (Wildman–Crippen LogP) is 0.883. The highest BCUT2D eigenvalue weighted by molar-refractivity contribution is 5.83. The van der Waals surface area contributed by atoms with Crippen LogP contribution in [0.2, 0.25) is 0 Å². The van der Waals surface area contributed by atoms with Gasteiger partial charge in [-0.25, -0.2) is 9.59 Å². The topological polar surface area (TPSA) is 82.5 Å². The molecule has 19 heavy (non-hydrogen) atoms. The SMILES string of the molecule is O=C(O)[C@@H]1CCCN1C(=O)NCCc1ccncc1. The first-order chi connectivity index (χ1) is 9.18. The number of hydrogen-bond donors (Lipinski definition) is 2. The maximum Gasteiger partial charge on any atom is 0.326 e. The number of hydrogen-bond acceptors (Lipinski definition) is 3. The summed E-state index contributed by atoms with van der Waals surface area (Å²) in [6.45, 7) is 1.00. The number of amides is 2. The van der Waals surface area contributed by atoms with E-state index in [9.17, 15) is 9.59 Å². The van der Waals surface area contributed by atoms with Crippen molar-refractivity contribution in [3.05, 3.63) is 30.1 Å². The Morgan fingerprint density at radius 1 is 1.42 bits per heavy atom. The van der Waals surface area contributed by atoms with Crippen LogP contribution in [0.25, 0.3) is 0 Å². The summed E-state index contributed by atoms with van der Waals surface area (Å²) in [6, 6.07) is 2.81. The molecule has 0 radical (unpaired) electrons. The Morgan fingerprint density at radius 3 is 2.84 bits per heavy atom. The predicted molar refractivity (Wildman–Crippen MR) is 68.7 cm³/mol. The number of aliphatic carboxylic acids is 1. The van der Waals surface area contributed by atoms with Crippen molar-refractivity contribution < 1.29 is 14.7 Å². The maximum atomic E-state index is 11.9. The van der Waals surface area contributed by atoms with Crippen molar-refractivity contribution in [2.75, 3.05) is 13.1 Å². The number of nitrogens with one attached hydrogen (secondary N) is 1. The quantitative estimate of drug-likeness (QED) is 0.845. The van der Waals surface area contributed by atoms with Gasteiger partial charge in [0.15, 0.2) is 0 Å². The molecule has 1 aromatic heterocycles. The van der Waals surface area contributed by atoms with E-state index in [0.717, 1.165) is 12.0 Å². The van der Waals surface area contributed by atoms with Gasteiger partial charge in [-0.3, -0.25) is 4.98 Å². The van der Waals surface area contributed by atoms with Crippen LogP contribution >= 0.6 is 0 Å². The summed E-state index contributed by atoms with van der Waals surface area (Å²) < 4.78 is 0. The first-order valence-corrected chi connectivity index (χ1v) is 6.34. The van der Waals surface area contributed by atoms with Gasteiger partial charge in [0.25, 0.3) is 0 Å². The molecule has 6 heteroatoms. The summed E-state index contributed by atoms with van der Waals surface area (Å²) in [5.74, 6) is -0.929. The Morgan fingerprint density at radius 2 is 2.16 bits per heavy atom. The molecule has 2 N–H and O–H groups in total. The minimum Gasteiger partial charge on any atom is -0.480 e. The molecule has 6 nitrogen and oxygen atoms in total. The van der Waals surface area contributed by atoms with Gasteiger partial charge in [-0.05, 0) is 37.0 Å². The molecule has 2 rings (SSSR count). The van der Waals surface area contributed by atoms with E-state index >= 15 is 0 Å². The Hall–Kier alpha value is -2.11. The second kappa shape index (κ2) is 6.17. The molecule has 0 aliphatic carbocycles. The molecule has 1 saturated heterocycles. The summed E-state index contributed by atoms with van der Waals surface area (Å²) in [7, 11) is 0. The van der Waals surface area contributed by atoms with Gasteiger partial charge in [0.05, 0.1) is 0 Å². The molecule has 102 valence electrons. The van der Waals surface area contributed by atoms with Crippen LogP contribution in [0.15, 0.2) is 24.5 Å². The summed E-state index contributed by atoms with van der Waals surface area (Å²) in [4.78, 5) is 28.2. The highest BCUT2D eigenvalue weighted by atomic mass is 16.4.